The Balaban J connectivity index is 1.89. The lowest BCUT2D eigenvalue weighted by Crippen LogP contribution is -2.22. The molecule has 4 aromatic rings. The summed E-state index contributed by atoms with van der Waals surface area (Å²) in [6, 6.07) is 7.85. The molecule has 0 unspecified atom stereocenters. The van der Waals surface area contributed by atoms with Crippen molar-refractivity contribution in [1.29, 1.82) is 0 Å². The molecular weight excluding hydrogens is 518 g/mol. The Hall–Kier alpha value is -4.12. The smallest absolute Gasteiger partial charge is 0.343 e. The van der Waals surface area contributed by atoms with Crippen LogP contribution in [-0.4, -0.2) is 29.2 Å². The van der Waals surface area contributed by atoms with Gasteiger partial charge in [-0.1, -0.05) is 23.7 Å². The molecule has 192 valence electrons. The molecule has 2 heterocycles. The van der Waals surface area contributed by atoms with Crippen LogP contribution in [0.5, 0.6) is 5.75 Å². The van der Waals surface area contributed by atoms with Crippen LogP contribution in [0.25, 0.3) is 16.7 Å². The van der Waals surface area contributed by atoms with Gasteiger partial charge in [-0.15, -0.1) is 0 Å². The van der Waals surface area contributed by atoms with Crippen molar-refractivity contribution in [1.82, 2.24) is 9.55 Å². The summed E-state index contributed by atoms with van der Waals surface area (Å²) in [7, 11) is 1.51. The number of anilines is 1. The summed E-state index contributed by atoms with van der Waals surface area (Å²) < 4.78 is 68.8. The number of hydrogen-bond donors (Lipinski definition) is 1. The lowest BCUT2D eigenvalue weighted by molar-refractivity contribution is 0.0524. The Morgan fingerprint density at radius 3 is 2.43 bits per heavy atom. The maximum atomic E-state index is 15.0. The number of aromatic nitrogens is 2. The van der Waals surface area contributed by atoms with Gasteiger partial charge < -0.3 is 14.8 Å². The summed E-state index contributed by atoms with van der Waals surface area (Å²) in [5.41, 5.74) is -1.40. The zero-order valence-electron chi connectivity index (χ0n) is 19.4. The maximum Gasteiger partial charge on any atom is 0.343 e. The van der Waals surface area contributed by atoms with E-state index in [0.29, 0.717) is 23.4 Å². The third-order valence-electron chi connectivity index (χ3n) is 5.38. The Bertz CT molecular complexity index is 1580. The standard InChI is InChI=1S/C25H18ClF4N3O4/c1-3-37-25(35)15-11-33(21-14(22(15)34)8-16(27)20(30)19(21)26)24-18(29)9-17(28)23(32-24)31-10-12-4-6-13(36-2)7-5-12/h4-9,11H,3,10H2,1-2H3,(H,31,32). The highest BCUT2D eigenvalue weighted by Crippen LogP contribution is 2.31. The van der Waals surface area contributed by atoms with Gasteiger partial charge in [-0.2, -0.15) is 0 Å². The van der Waals surface area contributed by atoms with Crippen LogP contribution in [0.15, 0.2) is 47.4 Å². The highest BCUT2D eigenvalue weighted by molar-refractivity contribution is 6.35. The Labute approximate surface area is 212 Å². The molecule has 0 saturated heterocycles. The van der Waals surface area contributed by atoms with Crippen LogP contribution in [0.2, 0.25) is 5.02 Å². The minimum atomic E-state index is -1.51. The minimum Gasteiger partial charge on any atom is -0.497 e. The number of fused-ring (bicyclic) bond motifs is 1. The topological polar surface area (TPSA) is 82.5 Å². The first-order valence-electron chi connectivity index (χ1n) is 10.8. The molecule has 0 amide bonds. The molecule has 0 atom stereocenters. The quantitative estimate of drug-likeness (QED) is 0.194. The van der Waals surface area contributed by atoms with E-state index >= 15 is 4.39 Å². The van der Waals surface area contributed by atoms with Crippen LogP contribution in [-0.2, 0) is 11.3 Å². The van der Waals surface area contributed by atoms with Crippen molar-refractivity contribution >= 4 is 34.3 Å². The number of carbonyl (C=O) groups is 1. The van der Waals surface area contributed by atoms with E-state index in [2.05, 4.69) is 10.3 Å². The molecule has 2 aromatic carbocycles. The first-order chi connectivity index (χ1) is 17.7. The number of hydrogen-bond acceptors (Lipinski definition) is 6. The van der Waals surface area contributed by atoms with Crippen molar-refractivity contribution in [2.24, 2.45) is 0 Å². The van der Waals surface area contributed by atoms with E-state index in [9.17, 15) is 22.8 Å². The predicted molar refractivity (Wildman–Crippen MR) is 128 cm³/mol. The number of pyridine rings is 2. The normalized spacial score (nSPS) is 11.0. The zero-order valence-corrected chi connectivity index (χ0v) is 20.1. The fourth-order valence-electron chi connectivity index (χ4n) is 3.59. The summed E-state index contributed by atoms with van der Waals surface area (Å²) in [6.07, 6.45) is 0.836. The van der Waals surface area contributed by atoms with Gasteiger partial charge in [0.2, 0.25) is 5.43 Å². The van der Waals surface area contributed by atoms with Crippen LogP contribution in [0.1, 0.15) is 22.8 Å². The molecule has 2 aromatic heterocycles. The van der Waals surface area contributed by atoms with Gasteiger partial charge in [0.05, 0.1) is 24.6 Å². The van der Waals surface area contributed by atoms with Gasteiger partial charge in [-0.25, -0.2) is 27.3 Å². The van der Waals surface area contributed by atoms with Crippen molar-refractivity contribution in [3.05, 3.63) is 92.2 Å². The first kappa shape index (κ1) is 26.0. The average molecular weight is 536 g/mol. The number of halogens is 5. The number of rotatable bonds is 7. The summed E-state index contributed by atoms with van der Waals surface area (Å²) in [5, 5.41) is 1.33. The molecule has 37 heavy (non-hydrogen) atoms. The van der Waals surface area contributed by atoms with E-state index in [1.165, 1.54) is 14.0 Å². The van der Waals surface area contributed by atoms with E-state index in [-0.39, 0.29) is 13.2 Å². The molecule has 0 aliphatic rings. The van der Waals surface area contributed by atoms with E-state index in [4.69, 9.17) is 21.1 Å². The Morgan fingerprint density at radius 1 is 1.08 bits per heavy atom. The number of benzene rings is 2. The third-order valence-corrected chi connectivity index (χ3v) is 5.72. The Kier molecular flexibility index (Phi) is 7.35. The van der Waals surface area contributed by atoms with E-state index < -0.39 is 67.8 Å². The van der Waals surface area contributed by atoms with E-state index in [1.54, 1.807) is 24.3 Å². The van der Waals surface area contributed by atoms with Crippen LogP contribution < -0.4 is 15.5 Å². The molecule has 0 bridgehead atoms. The highest BCUT2D eigenvalue weighted by atomic mass is 35.5. The second kappa shape index (κ2) is 10.5. The SMILES string of the molecule is CCOC(=O)c1cn(-c2nc(NCc3ccc(OC)cc3)c(F)cc2F)c2c(Cl)c(F)c(F)cc2c1=O. The molecule has 1 N–H and O–H groups in total. The number of esters is 1. The lowest BCUT2D eigenvalue weighted by Gasteiger charge is -2.16. The summed E-state index contributed by atoms with van der Waals surface area (Å²) in [4.78, 5) is 29.3. The first-order valence-corrected chi connectivity index (χ1v) is 11.2. The van der Waals surface area contributed by atoms with Crippen molar-refractivity contribution in [3.63, 3.8) is 0 Å². The molecule has 0 spiro atoms. The maximum absolute atomic E-state index is 15.0. The molecule has 0 aliphatic heterocycles. The molecule has 7 nitrogen and oxygen atoms in total. The van der Waals surface area contributed by atoms with Gasteiger partial charge >= 0.3 is 5.97 Å². The fourth-order valence-corrected chi connectivity index (χ4v) is 3.87. The minimum absolute atomic E-state index is 0.0819. The van der Waals surface area contributed by atoms with Gasteiger partial charge in [-0.05, 0) is 30.7 Å². The van der Waals surface area contributed by atoms with Crippen molar-refractivity contribution in [2.45, 2.75) is 13.5 Å². The predicted octanol–water partition coefficient (Wildman–Crippen LogP) is 5.39. The number of nitrogens with one attached hydrogen (secondary N) is 1. The number of methoxy groups -OCH3 is 1. The lowest BCUT2D eigenvalue weighted by atomic mass is 10.1. The van der Waals surface area contributed by atoms with Crippen molar-refractivity contribution in [3.8, 4) is 11.6 Å². The number of carbonyl (C=O) groups excluding carboxylic acids is 1. The zero-order chi connectivity index (χ0) is 26.9. The van der Waals surface area contributed by atoms with Crippen molar-refractivity contribution < 1.29 is 31.8 Å². The molecular formula is C25H18ClF4N3O4. The molecule has 4 rings (SSSR count). The fraction of sp³-hybridized carbons (Fsp3) is 0.160. The summed E-state index contributed by atoms with van der Waals surface area (Å²) in [6.45, 7) is 1.47. The third kappa shape index (κ3) is 4.94. The molecule has 0 radical (unpaired) electrons. The Morgan fingerprint density at radius 2 is 1.78 bits per heavy atom. The second-order valence-corrected chi connectivity index (χ2v) is 8.05. The van der Waals surface area contributed by atoms with Crippen LogP contribution in [0.4, 0.5) is 23.4 Å². The van der Waals surface area contributed by atoms with Crippen LogP contribution in [0.3, 0.4) is 0 Å². The largest absolute Gasteiger partial charge is 0.497 e. The van der Waals surface area contributed by atoms with Gasteiger partial charge in [0.1, 0.15) is 16.3 Å². The highest BCUT2D eigenvalue weighted by Gasteiger charge is 2.25. The van der Waals surface area contributed by atoms with Gasteiger partial charge in [-0.3, -0.25) is 9.36 Å². The van der Waals surface area contributed by atoms with Gasteiger partial charge in [0, 0.05) is 18.8 Å². The van der Waals surface area contributed by atoms with Gasteiger partial charge in [0.25, 0.3) is 0 Å². The second-order valence-electron chi connectivity index (χ2n) is 7.67. The monoisotopic (exact) mass is 535 g/mol. The molecule has 12 heteroatoms. The summed E-state index contributed by atoms with van der Waals surface area (Å²) in [5.74, 6) is -6.76. The van der Waals surface area contributed by atoms with Crippen LogP contribution >= 0.6 is 11.6 Å². The van der Waals surface area contributed by atoms with Crippen molar-refractivity contribution in [2.75, 3.05) is 19.0 Å². The van der Waals surface area contributed by atoms with E-state index in [0.717, 1.165) is 10.8 Å². The van der Waals surface area contributed by atoms with Crippen LogP contribution in [0, 0.1) is 23.3 Å². The molecule has 0 saturated carbocycles. The van der Waals surface area contributed by atoms with E-state index in [1.807, 2.05) is 0 Å². The number of nitrogens with zero attached hydrogens (tertiary/aromatic N) is 2. The summed E-state index contributed by atoms with van der Waals surface area (Å²) >= 11 is 6.00. The molecule has 0 aliphatic carbocycles. The average Bonchev–Trinajstić information content (AvgIpc) is 2.88. The molecule has 0 fully saturated rings. The van der Waals surface area contributed by atoms with Gasteiger partial charge in [0.15, 0.2) is 34.9 Å². The number of ether oxygens (including phenoxy) is 2.